The Morgan fingerprint density at radius 3 is 3.00 bits per heavy atom. The van der Waals surface area contributed by atoms with E-state index >= 15 is 0 Å². The van der Waals surface area contributed by atoms with Crippen LogP contribution in [-0.2, 0) is 4.74 Å². The second-order valence-electron chi connectivity index (χ2n) is 6.17. The molecule has 5 nitrogen and oxygen atoms in total. The van der Waals surface area contributed by atoms with Crippen LogP contribution in [0.1, 0.15) is 36.2 Å². The molecule has 3 unspecified atom stereocenters. The summed E-state index contributed by atoms with van der Waals surface area (Å²) in [5.74, 6) is 0.250. The number of hydrogen-bond donors (Lipinski definition) is 2. The fraction of sp³-hybridized carbons (Fsp3) is 0.600. The lowest BCUT2D eigenvalue weighted by atomic mass is 9.46. The number of rotatable bonds is 3. The molecule has 0 aromatic carbocycles. The van der Waals surface area contributed by atoms with Gasteiger partial charge in [-0.05, 0) is 31.4 Å². The zero-order valence-electron chi connectivity index (χ0n) is 11.2. The monoisotopic (exact) mass is 274 g/mol. The molecule has 3 fully saturated rings. The van der Waals surface area contributed by atoms with Gasteiger partial charge in [-0.1, -0.05) is 12.5 Å². The number of ether oxygens (including phenoxy) is 1. The molecule has 20 heavy (non-hydrogen) atoms. The van der Waals surface area contributed by atoms with Gasteiger partial charge in [-0.3, -0.25) is 0 Å². The van der Waals surface area contributed by atoms with Crippen molar-refractivity contribution in [3.05, 3.63) is 23.9 Å². The quantitative estimate of drug-likeness (QED) is 0.883. The number of pyridine rings is 1. The van der Waals surface area contributed by atoms with Crippen LogP contribution < -0.4 is 5.32 Å². The molecule has 0 amide bonds. The summed E-state index contributed by atoms with van der Waals surface area (Å²) in [7, 11) is 0. The maximum absolute atomic E-state index is 11.0. The Hall–Kier alpha value is -1.62. The summed E-state index contributed by atoms with van der Waals surface area (Å²) < 4.78 is 5.89. The number of nitrogens with zero attached hydrogens (tertiary/aromatic N) is 1. The Labute approximate surface area is 117 Å². The van der Waals surface area contributed by atoms with Gasteiger partial charge in [-0.15, -0.1) is 0 Å². The number of nitrogens with one attached hydrogen (secondary N) is 1. The molecule has 2 heterocycles. The third-order valence-corrected chi connectivity index (χ3v) is 5.31. The smallest absolute Gasteiger partial charge is 0.354 e. The second-order valence-corrected chi connectivity index (χ2v) is 6.17. The van der Waals surface area contributed by atoms with E-state index in [2.05, 4.69) is 10.3 Å². The van der Waals surface area contributed by atoms with Crippen LogP contribution in [0.4, 0.5) is 5.82 Å². The van der Waals surface area contributed by atoms with Crippen LogP contribution >= 0.6 is 0 Å². The molecular formula is C15H18N2O3. The van der Waals surface area contributed by atoms with Gasteiger partial charge in [0.15, 0.2) is 5.69 Å². The van der Waals surface area contributed by atoms with E-state index in [1.54, 1.807) is 6.07 Å². The van der Waals surface area contributed by atoms with Gasteiger partial charge in [0, 0.05) is 24.0 Å². The first-order chi connectivity index (χ1) is 9.71. The van der Waals surface area contributed by atoms with Gasteiger partial charge in [-0.25, -0.2) is 9.78 Å². The summed E-state index contributed by atoms with van der Waals surface area (Å²) in [6.45, 7) is 0.859. The minimum atomic E-state index is -0.984. The lowest BCUT2D eigenvalue weighted by molar-refractivity contribution is -0.158. The molecule has 2 saturated carbocycles. The minimum Gasteiger partial charge on any atom is -0.477 e. The molecule has 1 spiro atoms. The fourth-order valence-corrected chi connectivity index (χ4v) is 4.25. The zero-order chi connectivity index (χ0) is 13.7. The highest BCUT2D eigenvalue weighted by Crippen LogP contribution is 2.63. The van der Waals surface area contributed by atoms with Crippen molar-refractivity contribution < 1.29 is 14.6 Å². The van der Waals surface area contributed by atoms with Gasteiger partial charge >= 0.3 is 5.97 Å². The molecule has 3 atom stereocenters. The molecule has 1 saturated heterocycles. The van der Waals surface area contributed by atoms with Crippen LogP contribution in [0.3, 0.4) is 0 Å². The van der Waals surface area contributed by atoms with Gasteiger partial charge < -0.3 is 15.2 Å². The van der Waals surface area contributed by atoms with Crippen molar-refractivity contribution in [3.63, 3.8) is 0 Å². The maximum Gasteiger partial charge on any atom is 0.354 e. The van der Waals surface area contributed by atoms with Crippen molar-refractivity contribution in [2.75, 3.05) is 11.9 Å². The second kappa shape index (κ2) is 4.19. The van der Waals surface area contributed by atoms with Crippen LogP contribution in [0.25, 0.3) is 0 Å². The predicted molar refractivity (Wildman–Crippen MR) is 72.7 cm³/mol. The third kappa shape index (κ3) is 1.53. The lowest BCUT2D eigenvalue weighted by Crippen LogP contribution is -2.68. The molecule has 5 heteroatoms. The molecule has 1 aliphatic heterocycles. The van der Waals surface area contributed by atoms with Crippen LogP contribution in [-0.4, -0.2) is 34.8 Å². The Morgan fingerprint density at radius 2 is 2.30 bits per heavy atom. The molecule has 1 aromatic heterocycles. The minimum absolute atomic E-state index is 0.0937. The topological polar surface area (TPSA) is 71.5 Å². The van der Waals surface area contributed by atoms with E-state index in [9.17, 15) is 4.79 Å². The van der Waals surface area contributed by atoms with Crippen LogP contribution in [0.15, 0.2) is 18.2 Å². The SMILES string of the molecule is O=C(O)c1cccc(NC2C3CCOC3C23CCC3)n1. The number of carboxylic acids is 1. The van der Waals surface area contributed by atoms with Crippen LogP contribution in [0.2, 0.25) is 0 Å². The number of carboxylic acid groups (broad SMARTS) is 1. The van der Waals surface area contributed by atoms with Crippen molar-refractivity contribution in [1.29, 1.82) is 0 Å². The van der Waals surface area contributed by atoms with E-state index in [-0.39, 0.29) is 11.1 Å². The van der Waals surface area contributed by atoms with Crippen LogP contribution in [0.5, 0.6) is 0 Å². The molecule has 0 bridgehead atoms. The predicted octanol–water partition coefficient (Wildman–Crippen LogP) is 2.15. The highest BCUT2D eigenvalue weighted by molar-refractivity contribution is 5.85. The van der Waals surface area contributed by atoms with Crippen molar-refractivity contribution in [1.82, 2.24) is 4.98 Å². The molecule has 2 N–H and O–H groups in total. The maximum atomic E-state index is 11.0. The van der Waals surface area contributed by atoms with Crippen molar-refractivity contribution in [3.8, 4) is 0 Å². The first-order valence-electron chi connectivity index (χ1n) is 7.29. The van der Waals surface area contributed by atoms with Gasteiger partial charge in [0.05, 0.1) is 6.10 Å². The summed E-state index contributed by atoms with van der Waals surface area (Å²) in [6, 6.07) is 5.50. The summed E-state index contributed by atoms with van der Waals surface area (Å²) in [4.78, 5) is 15.2. The van der Waals surface area contributed by atoms with E-state index in [0.29, 0.717) is 23.9 Å². The first kappa shape index (κ1) is 12.1. The molecule has 2 aliphatic carbocycles. The number of aromatic carboxylic acids is 1. The summed E-state index contributed by atoms with van der Waals surface area (Å²) >= 11 is 0. The lowest BCUT2D eigenvalue weighted by Gasteiger charge is -2.63. The molecule has 3 aliphatic rings. The average Bonchev–Trinajstić information content (AvgIpc) is 2.80. The van der Waals surface area contributed by atoms with Crippen molar-refractivity contribution >= 4 is 11.8 Å². The van der Waals surface area contributed by atoms with Gasteiger partial charge in [0.25, 0.3) is 0 Å². The largest absolute Gasteiger partial charge is 0.477 e. The third-order valence-electron chi connectivity index (χ3n) is 5.31. The number of anilines is 1. The molecule has 1 aromatic rings. The molecule has 4 rings (SSSR count). The molecule has 0 radical (unpaired) electrons. The Kier molecular flexibility index (Phi) is 2.54. The Balaban J connectivity index is 1.56. The summed E-state index contributed by atoms with van der Waals surface area (Å²) in [5, 5.41) is 12.5. The fourth-order valence-electron chi connectivity index (χ4n) is 4.25. The van der Waals surface area contributed by atoms with E-state index in [1.807, 2.05) is 6.07 Å². The van der Waals surface area contributed by atoms with Crippen LogP contribution in [0, 0.1) is 11.3 Å². The zero-order valence-corrected chi connectivity index (χ0v) is 11.2. The average molecular weight is 274 g/mol. The summed E-state index contributed by atoms with van der Waals surface area (Å²) in [5.41, 5.74) is 0.374. The standard InChI is InChI=1S/C15H18N2O3/c18-14(19)10-3-1-4-11(16-10)17-12-9-5-8-20-13(9)15(12)6-2-7-15/h1,3-4,9,12-13H,2,5-8H2,(H,16,17)(H,18,19). The molecular weight excluding hydrogens is 256 g/mol. The van der Waals surface area contributed by atoms with E-state index < -0.39 is 5.97 Å². The van der Waals surface area contributed by atoms with Gasteiger partial charge in [0.2, 0.25) is 0 Å². The van der Waals surface area contributed by atoms with Gasteiger partial charge in [-0.2, -0.15) is 0 Å². The van der Waals surface area contributed by atoms with E-state index in [0.717, 1.165) is 13.0 Å². The Bertz CT molecular complexity index is 556. The van der Waals surface area contributed by atoms with E-state index in [4.69, 9.17) is 9.84 Å². The van der Waals surface area contributed by atoms with E-state index in [1.165, 1.54) is 25.3 Å². The number of fused-ring (bicyclic) bond motifs is 2. The Morgan fingerprint density at radius 1 is 1.45 bits per heavy atom. The van der Waals surface area contributed by atoms with Crippen molar-refractivity contribution in [2.45, 2.75) is 37.8 Å². The highest BCUT2D eigenvalue weighted by atomic mass is 16.5. The normalized spacial score (nSPS) is 33.1. The molecule has 106 valence electrons. The highest BCUT2D eigenvalue weighted by Gasteiger charge is 2.66. The van der Waals surface area contributed by atoms with Crippen molar-refractivity contribution in [2.24, 2.45) is 11.3 Å². The summed E-state index contributed by atoms with van der Waals surface area (Å²) in [6.07, 6.45) is 5.21. The number of carbonyl (C=O) groups is 1. The van der Waals surface area contributed by atoms with Gasteiger partial charge in [0.1, 0.15) is 5.82 Å². The number of hydrogen-bond acceptors (Lipinski definition) is 4. The first-order valence-corrected chi connectivity index (χ1v) is 7.29. The number of aromatic nitrogens is 1.